The van der Waals surface area contributed by atoms with Gasteiger partial charge in [0.15, 0.2) is 5.75 Å². The highest BCUT2D eigenvalue weighted by atomic mass is 19.4. The highest BCUT2D eigenvalue weighted by Crippen LogP contribution is 2.25. The van der Waals surface area contributed by atoms with Gasteiger partial charge in [0.05, 0.1) is 25.9 Å². The Hall–Kier alpha value is -2.72. The number of alkyl halides is 3. The van der Waals surface area contributed by atoms with Crippen molar-refractivity contribution in [3.05, 3.63) is 12.3 Å². The smallest absolute Gasteiger partial charge is 0.490 e. The van der Waals surface area contributed by atoms with Crippen LogP contribution in [-0.4, -0.2) is 46.1 Å². The largest absolute Gasteiger partial charge is 0.491 e. The van der Waals surface area contributed by atoms with E-state index in [0.717, 1.165) is 5.52 Å². The first-order valence-corrected chi connectivity index (χ1v) is 5.23. The van der Waals surface area contributed by atoms with E-state index in [1.165, 1.54) is 11.6 Å². The number of rotatable bonds is 2. The number of aromatic nitrogens is 3. The molecule has 0 aliphatic carbocycles. The monoisotopic (exact) mass is 308 g/mol. The predicted molar refractivity (Wildman–Crippen MR) is 64.2 cm³/mol. The van der Waals surface area contributed by atoms with E-state index in [1.807, 2.05) is 0 Å². The van der Waals surface area contributed by atoms with Crippen molar-refractivity contribution in [1.29, 1.82) is 0 Å². The number of carboxylic acid groups (broad SMARTS) is 1. The van der Waals surface area contributed by atoms with Crippen molar-refractivity contribution >= 4 is 17.4 Å². The van der Waals surface area contributed by atoms with Gasteiger partial charge in [0.2, 0.25) is 5.95 Å². The third kappa shape index (κ3) is 3.87. The molecule has 2 aromatic heterocycles. The van der Waals surface area contributed by atoms with Crippen LogP contribution in [-0.2, 0) is 4.79 Å². The van der Waals surface area contributed by atoms with Crippen molar-refractivity contribution in [1.82, 2.24) is 14.6 Å². The molecule has 0 bridgehead atoms. The average molecular weight is 308 g/mol. The molecular formula is C10H11F3N4O4. The molecule has 0 aromatic carbocycles. The second-order valence-corrected chi connectivity index (χ2v) is 3.48. The molecule has 11 heteroatoms. The minimum atomic E-state index is -5.08. The zero-order chi connectivity index (χ0) is 16.2. The molecule has 0 saturated carbocycles. The number of aliphatic carboxylic acids is 1. The summed E-state index contributed by atoms with van der Waals surface area (Å²) in [5.74, 6) is -1.50. The van der Waals surface area contributed by atoms with Gasteiger partial charge in [0.25, 0.3) is 5.88 Å². The number of hydrogen-bond acceptors (Lipinski definition) is 6. The molecule has 0 aliphatic rings. The van der Waals surface area contributed by atoms with Crippen molar-refractivity contribution < 1.29 is 32.5 Å². The molecule has 0 spiro atoms. The molecular weight excluding hydrogens is 297 g/mol. The number of imidazole rings is 1. The van der Waals surface area contributed by atoms with Crippen LogP contribution in [0, 0.1) is 0 Å². The van der Waals surface area contributed by atoms with E-state index in [1.54, 1.807) is 19.4 Å². The summed E-state index contributed by atoms with van der Waals surface area (Å²) in [6, 6.07) is 1.76. The highest BCUT2D eigenvalue weighted by Gasteiger charge is 2.38. The van der Waals surface area contributed by atoms with Crippen LogP contribution >= 0.6 is 0 Å². The number of ether oxygens (including phenoxy) is 2. The van der Waals surface area contributed by atoms with Gasteiger partial charge in [-0.25, -0.2) is 9.78 Å². The zero-order valence-corrected chi connectivity index (χ0v) is 10.9. The van der Waals surface area contributed by atoms with Gasteiger partial charge in [0.1, 0.15) is 0 Å². The van der Waals surface area contributed by atoms with Crippen LogP contribution in [0.5, 0.6) is 11.6 Å². The maximum Gasteiger partial charge on any atom is 0.490 e. The third-order valence-corrected chi connectivity index (χ3v) is 2.13. The summed E-state index contributed by atoms with van der Waals surface area (Å²) in [7, 11) is 3.07. The molecule has 0 atom stereocenters. The molecule has 2 heterocycles. The first kappa shape index (κ1) is 16.3. The van der Waals surface area contributed by atoms with Crippen molar-refractivity contribution in [2.75, 3.05) is 20.0 Å². The lowest BCUT2D eigenvalue weighted by molar-refractivity contribution is -0.192. The van der Waals surface area contributed by atoms with Gasteiger partial charge in [-0.05, 0) is 0 Å². The van der Waals surface area contributed by atoms with Crippen LogP contribution in [0.4, 0.5) is 19.1 Å². The first-order chi connectivity index (χ1) is 9.70. The zero-order valence-electron chi connectivity index (χ0n) is 10.9. The van der Waals surface area contributed by atoms with Crippen LogP contribution < -0.4 is 15.2 Å². The van der Waals surface area contributed by atoms with Gasteiger partial charge < -0.3 is 20.3 Å². The quantitative estimate of drug-likeness (QED) is 0.849. The Bertz CT molecular complexity index is 641. The Morgan fingerprint density at radius 2 is 1.95 bits per heavy atom. The van der Waals surface area contributed by atoms with E-state index in [4.69, 9.17) is 25.1 Å². The maximum atomic E-state index is 10.6. The molecule has 116 valence electrons. The Kier molecular flexibility index (Phi) is 4.79. The van der Waals surface area contributed by atoms with Crippen molar-refractivity contribution in [2.45, 2.75) is 6.18 Å². The molecule has 0 saturated heterocycles. The second-order valence-electron chi connectivity index (χ2n) is 3.48. The van der Waals surface area contributed by atoms with Crippen molar-refractivity contribution in [2.24, 2.45) is 0 Å². The van der Waals surface area contributed by atoms with Crippen LogP contribution in [0.25, 0.3) is 5.52 Å². The van der Waals surface area contributed by atoms with E-state index in [9.17, 15) is 13.2 Å². The number of carbonyl (C=O) groups is 1. The fourth-order valence-corrected chi connectivity index (χ4v) is 1.21. The molecule has 0 aliphatic heterocycles. The van der Waals surface area contributed by atoms with E-state index >= 15 is 0 Å². The summed E-state index contributed by atoms with van der Waals surface area (Å²) < 4.78 is 43.3. The number of carboxylic acids is 1. The normalized spacial score (nSPS) is 10.7. The number of methoxy groups -OCH3 is 2. The van der Waals surface area contributed by atoms with E-state index < -0.39 is 12.1 Å². The van der Waals surface area contributed by atoms with E-state index in [0.29, 0.717) is 17.6 Å². The van der Waals surface area contributed by atoms with Crippen LogP contribution in [0.3, 0.4) is 0 Å². The fraction of sp³-hybridized carbons (Fsp3) is 0.300. The minimum Gasteiger partial charge on any atom is -0.491 e. The molecule has 21 heavy (non-hydrogen) atoms. The van der Waals surface area contributed by atoms with E-state index in [-0.39, 0.29) is 0 Å². The Morgan fingerprint density at radius 3 is 2.38 bits per heavy atom. The van der Waals surface area contributed by atoms with Crippen LogP contribution in [0.1, 0.15) is 0 Å². The lowest BCUT2D eigenvalue weighted by Crippen LogP contribution is -2.21. The SMILES string of the molecule is COc1cc2cnc(N)n2nc1OC.O=C(O)C(F)(F)F. The first-order valence-electron chi connectivity index (χ1n) is 5.23. The fourth-order valence-electron chi connectivity index (χ4n) is 1.21. The number of anilines is 1. The molecule has 3 N–H and O–H groups in total. The van der Waals surface area contributed by atoms with E-state index in [2.05, 4.69) is 10.1 Å². The third-order valence-electron chi connectivity index (χ3n) is 2.13. The standard InChI is InChI=1S/C8H10N4O2.C2HF3O2/c1-13-6-3-5-4-10-8(9)12(5)11-7(6)14-2;3-2(4,5)1(6)7/h3-4H,1-2H3,(H2,9,10);(H,6,7). The van der Waals surface area contributed by atoms with Gasteiger partial charge in [-0.2, -0.15) is 17.7 Å². The second kappa shape index (κ2) is 6.15. The predicted octanol–water partition coefficient (Wildman–Crippen LogP) is 0.962. The number of hydrogen-bond donors (Lipinski definition) is 2. The van der Waals surface area contributed by atoms with Gasteiger partial charge in [-0.1, -0.05) is 0 Å². The molecule has 8 nitrogen and oxygen atoms in total. The van der Waals surface area contributed by atoms with Gasteiger partial charge in [-0.3, -0.25) is 0 Å². The topological polar surface area (TPSA) is 112 Å². The summed E-state index contributed by atoms with van der Waals surface area (Å²) in [5.41, 5.74) is 6.35. The van der Waals surface area contributed by atoms with Crippen LogP contribution in [0.2, 0.25) is 0 Å². The molecule has 2 aromatic rings. The van der Waals surface area contributed by atoms with Crippen molar-refractivity contribution in [3.8, 4) is 11.6 Å². The average Bonchev–Trinajstić information content (AvgIpc) is 2.77. The summed E-state index contributed by atoms with van der Waals surface area (Å²) in [6.07, 6.45) is -3.47. The molecule has 0 fully saturated rings. The van der Waals surface area contributed by atoms with Gasteiger partial charge in [0, 0.05) is 6.07 Å². The van der Waals surface area contributed by atoms with Gasteiger partial charge in [-0.15, -0.1) is 5.10 Å². The van der Waals surface area contributed by atoms with Crippen molar-refractivity contribution in [3.63, 3.8) is 0 Å². The molecule has 0 unspecified atom stereocenters. The lowest BCUT2D eigenvalue weighted by Gasteiger charge is -2.06. The molecule has 2 rings (SSSR count). The summed E-state index contributed by atoms with van der Waals surface area (Å²) in [5, 5.41) is 11.2. The lowest BCUT2D eigenvalue weighted by atomic mass is 10.4. The number of nitrogens with two attached hydrogens (primary N) is 1. The number of halogens is 3. The van der Waals surface area contributed by atoms with Gasteiger partial charge >= 0.3 is 12.1 Å². The maximum absolute atomic E-state index is 10.6. The van der Waals surface area contributed by atoms with Crippen LogP contribution in [0.15, 0.2) is 12.3 Å². The summed E-state index contributed by atoms with van der Waals surface area (Å²) in [4.78, 5) is 12.8. The number of nitrogen functional groups attached to an aromatic ring is 1. The Balaban J connectivity index is 0.000000270. The highest BCUT2D eigenvalue weighted by molar-refractivity contribution is 5.73. The number of nitrogens with zero attached hydrogens (tertiary/aromatic N) is 3. The molecule has 0 radical (unpaired) electrons. The summed E-state index contributed by atoms with van der Waals surface area (Å²) >= 11 is 0. The molecule has 0 amide bonds. The Morgan fingerprint density at radius 1 is 1.38 bits per heavy atom. The number of fused-ring (bicyclic) bond motifs is 1. The summed E-state index contributed by atoms with van der Waals surface area (Å²) in [6.45, 7) is 0. The Labute approximate surface area is 115 Å². The minimum absolute atomic E-state index is 0.320.